The fourth-order valence-corrected chi connectivity index (χ4v) is 3.20. The Balaban J connectivity index is 1.85. The zero-order valence-electron chi connectivity index (χ0n) is 11.4. The highest BCUT2D eigenvalue weighted by Crippen LogP contribution is 2.43. The molecule has 18 heavy (non-hydrogen) atoms. The molecular formula is C14H24N4. The fraction of sp³-hybridized carbons (Fsp3) is 0.786. The Labute approximate surface area is 109 Å². The van der Waals surface area contributed by atoms with Crippen molar-refractivity contribution in [1.29, 1.82) is 0 Å². The number of likely N-dealkylation sites (tertiary alicyclic amines) is 1. The van der Waals surface area contributed by atoms with Gasteiger partial charge in [-0.05, 0) is 52.1 Å². The standard InChI is InChI=1S/C14H24N4/c1-10(2)18-9-12(8-16-18)14-11(7-15)5-6-17(14)13-3-4-13/h8-11,13-14H,3-7,15H2,1-2H3. The van der Waals surface area contributed by atoms with Gasteiger partial charge in [-0.2, -0.15) is 5.10 Å². The molecule has 1 aliphatic heterocycles. The first-order chi connectivity index (χ1) is 8.70. The molecule has 1 aromatic rings. The van der Waals surface area contributed by atoms with Crippen molar-refractivity contribution in [3.63, 3.8) is 0 Å². The van der Waals surface area contributed by atoms with E-state index in [1.165, 1.54) is 31.4 Å². The Morgan fingerprint density at radius 2 is 2.17 bits per heavy atom. The first-order valence-electron chi connectivity index (χ1n) is 7.20. The molecule has 1 saturated heterocycles. The number of nitrogens with zero attached hydrogens (tertiary/aromatic N) is 3. The maximum atomic E-state index is 5.96. The second-order valence-electron chi connectivity index (χ2n) is 6.05. The summed E-state index contributed by atoms with van der Waals surface area (Å²) < 4.78 is 2.06. The molecule has 100 valence electrons. The van der Waals surface area contributed by atoms with Gasteiger partial charge in [-0.15, -0.1) is 0 Å². The van der Waals surface area contributed by atoms with Crippen LogP contribution < -0.4 is 5.73 Å². The zero-order chi connectivity index (χ0) is 12.7. The van der Waals surface area contributed by atoms with E-state index in [0.717, 1.165) is 12.6 Å². The van der Waals surface area contributed by atoms with E-state index in [9.17, 15) is 0 Å². The van der Waals surface area contributed by atoms with Gasteiger partial charge in [-0.1, -0.05) is 0 Å². The highest BCUT2D eigenvalue weighted by Gasteiger charge is 2.42. The van der Waals surface area contributed by atoms with E-state index in [0.29, 0.717) is 18.0 Å². The highest BCUT2D eigenvalue weighted by molar-refractivity contribution is 5.16. The van der Waals surface area contributed by atoms with Crippen molar-refractivity contribution < 1.29 is 0 Å². The van der Waals surface area contributed by atoms with Gasteiger partial charge in [-0.25, -0.2) is 0 Å². The number of rotatable bonds is 4. The van der Waals surface area contributed by atoms with Crippen LogP contribution in [-0.4, -0.2) is 33.8 Å². The number of hydrogen-bond acceptors (Lipinski definition) is 3. The highest BCUT2D eigenvalue weighted by atomic mass is 15.3. The van der Waals surface area contributed by atoms with E-state index in [1.54, 1.807) is 0 Å². The quantitative estimate of drug-likeness (QED) is 0.886. The largest absolute Gasteiger partial charge is 0.330 e. The molecule has 1 aromatic heterocycles. The summed E-state index contributed by atoms with van der Waals surface area (Å²) in [5.74, 6) is 0.607. The lowest BCUT2D eigenvalue weighted by Gasteiger charge is -2.26. The minimum atomic E-state index is 0.436. The van der Waals surface area contributed by atoms with E-state index >= 15 is 0 Å². The van der Waals surface area contributed by atoms with Gasteiger partial charge in [0.25, 0.3) is 0 Å². The van der Waals surface area contributed by atoms with Gasteiger partial charge in [0.2, 0.25) is 0 Å². The molecule has 4 heteroatoms. The molecule has 2 heterocycles. The summed E-state index contributed by atoms with van der Waals surface area (Å²) in [6.45, 7) is 6.35. The third-order valence-electron chi connectivity index (χ3n) is 4.37. The van der Waals surface area contributed by atoms with Crippen molar-refractivity contribution in [1.82, 2.24) is 14.7 Å². The second kappa shape index (κ2) is 4.67. The van der Waals surface area contributed by atoms with Crippen LogP contribution in [0.3, 0.4) is 0 Å². The molecule has 0 spiro atoms. The molecule has 4 nitrogen and oxygen atoms in total. The Kier molecular flexibility index (Phi) is 3.16. The maximum Gasteiger partial charge on any atom is 0.0537 e. The predicted octanol–water partition coefficient (Wildman–Crippen LogP) is 1.95. The fourth-order valence-electron chi connectivity index (χ4n) is 3.20. The van der Waals surface area contributed by atoms with E-state index in [1.807, 2.05) is 6.20 Å². The topological polar surface area (TPSA) is 47.1 Å². The Morgan fingerprint density at radius 3 is 2.72 bits per heavy atom. The van der Waals surface area contributed by atoms with Crippen molar-refractivity contribution in [3.05, 3.63) is 18.0 Å². The molecule has 0 bridgehead atoms. The molecule has 2 aliphatic rings. The van der Waals surface area contributed by atoms with Gasteiger partial charge in [0.1, 0.15) is 0 Å². The Bertz CT molecular complexity index is 408. The van der Waals surface area contributed by atoms with Crippen molar-refractivity contribution >= 4 is 0 Å². The van der Waals surface area contributed by atoms with E-state index in [2.05, 4.69) is 34.7 Å². The Hall–Kier alpha value is -0.870. The number of aromatic nitrogens is 2. The van der Waals surface area contributed by atoms with E-state index in [-0.39, 0.29) is 0 Å². The van der Waals surface area contributed by atoms with Gasteiger partial charge in [0, 0.05) is 29.9 Å². The van der Waals surface area contributed by atoms with Crippen LogP contribution in [-0.2, 0) is 0 Å². The SMILES string of the molecule is CC(C)n1cc(C2C(CN)CCN2C2CC2)cn1. The van der Waals surface area contributed by atoms with Crippen molar-refractivity contribution in [3.8, 4) is 0 Å². The normalized spacial score (nSPS) is 29.3. The van der Waals surface area contributed by atoms with Gasteiger partial charge < -0.3 is 5.73 Å². The molecule has 2 atom stereocenters. The molecule has 0 aromatic carbocycles. The lowest BCUT2D eigenvalue weighted by molar-refractivity contribution is 0.220. The van der Waals surface area contributed by atoms with Crippen LogP contribution >= 0.6 is 0 Å². The molecule has 2 unspecified atom stereocenters. The van der Waals surface area contributed by atoms with Crippen molar-refractivity contribution in [2.24, 2.45) is 11.7 Å². The van der Waals surface area contributed by atoms with Gasteiger partial charge in [0.15, 0.2) is 0 Å². The zero-order valence-corrected chi connectivity index (χ0v) is 11.4. The molecule has 0 radical (unpaired) electrons. The summed E-state index contributed by atoms with van der Waals surface area (Å²) in [5.41, 5.74) is 7.32. The van der Waals surface area contributed by atoms with Gasteiger partial charge in [-0.3, -0.25) is 9.58 Å². The minimum absolute atomic E-state index is 0.436. The lowest BCUT2D eigenvalue weighted by atomic mass is 9.96. The van der Waals surface area contributed by atoms with Crippen LogP contribution in [0.4, 0.5) is 0 Å². The molecule has 2 fully saturated rings. The summed E-state index contributed by atoms with van der Waals surface area (Å²) in [5, 5.41) is 4.49. The van der Waals surface area contributed by atoms with Crippen LogP contribution in [0.5, 0.6) is 0 Å². The molecule has 1 saturated carbocycles. The Morgan fingerprint density at radius 1 is 1.39 bits per heavy atom. The maximum absolute atomic E-state index is 5.96. The summed E-state index contributed by atoms with van der Waals surface area (Å²) in [7, 11) is 0. The van der Waals surface area contributed by atoms with Crippen LogP contribution in [0.2, 0.25) is 0 Å². The summed E-state index contributed by atoms with van der Waals surface area (Å²) in [4.78, 5) is 2.67. The number of nitrogens with two attached hydrogens (primary N) is 1. The van der Waals surface area contributed by atoms with Crippen LogP contribution in [0, 0.1) is 5.92 Å². The van der Waals surface area contributed by atoms with Crippen LogP contribution in [0.15, 0.2) is 12.4 Å². The van der Waals surface area contributed by atoms with Gasteiger partial charge in [0.05, 0.1) is 6.20 Å². The number of hydrogen-bond donors (Lipinski definition) is 1. The first kappa shape index (κ1) is 12.2. The molecular weight excluding hydrogens is 224 g/mol. The molecule has 3 rings (SSSR count). The predicted molar refractivity (Wildman–Crippen MR) is 72.2 cm³/mol. The van der Waals surface area contributed by atoms with E-state index in [4.69, 9.17) is 5.73 Å². The average molecular weight is 248 g/mol. The summed E-state index contributed by atoms with van der Waals surface area (Å²) in [6.07, 6.45) is 8.25. The monoisotopic (exact) mass is 248 g/mol. The van der Waals surface area contributed by atoms with Gasteiger partial charge >= 0.3 is 0 Å². The molecule has 0 amide bonds. The summed E-state index contributed by atoms with van der Waals surface area (Å²) in [6, 6.07) is 1.76. The third kappa shape index (κ3) is 2.08. The van der Waals surface area contributed by atoms with Crippen molar-refractivity contribution in [2.45, 2.75) is 51.2 Å². The first-order valence-corrected chi connectivity index (χ1v) is 7.20. The summed E-state index contributed by atoms with van der Waals surface area (Å²) >= 11 is 0. The second-order valence-corrected chi connectivity index (χ2v) is 6.05. The molecule has 2 N–H and O–H groups in total. The minimum Gasteiger partial charge on any atom is -0.330 e. The van der Waals surface area contributed by atoms with Crippen molar-refractivity contribution in [2.75, 3.05) is 13.1 Å². The molecule has 1 aliphatic carbocycles. The van der Waals surface area contributed by atoms with Crippen LogP contribution in [0.25, 0.3) is 0 Å². The lowest BCUT2D eigenvalue weighted by Crippen LogP contribution is -2.29. The van der Waals surface area contributed by atoms with Crippen LogP contribution in [0.1, 0.15) is 50.8 Å². The third-order valence-corrected chi connectivity index (χ3v) is 4.37. The van der Waals surface area contributed by atoms with E-state index < -0.39 is 0 Å². The average Bonchev–Trinajstić information content (AvgIpc) is 2.94. The smallest absolute Gasteiger partial charge is 0.0537 e.